The summed E-state index contributed by atoms with van der Waals surface area (Å²) in [6, 6.07) is 11.1. The molecule has 3 atom stereocenters. The van der Waals surface area contributed by atoms with Crippen molar-refractivity contribution in [2.75, 3.05) is 125 Å². The molecule has 6 amide bonds. The molecule has 5 N–H and O–H groups in total. The SMILES string of the molecule is C#C[C@H]1CC(F)(F)CN1C(=O)CNC(=O)c1ccnc2ccc(OCCCCC3CCN(C(=O)[C@H](CC(=O)OC)NC(=O)[C@H](CCCCN=C(C)NC(=O)CCCc4ccc(I)cc4)NC(=O)CN4CCN(COC=O)CCN(COC=O)CCN(CC(=O)O)CC4)CC3)cc12. The van der Waals surface area contributed by atoms with Gasteiger partial charge in [0.2, 0.25) is 29.5 Å². The minimum Gasteiger partial charge on any atom is -0.494 e. The van der Waals surface area contributed by atoms with Crippen LogP contribution in [0.25, 0.3) is 10.9 Å². The van der Waals surface area contributed by atoms with Gasteiger partial charge in [-0.2, -0.15) is 0 Å². The number of alkyl halides is 2. The second-order valence-corrected chi connectivity index (χ2v) is 25.3. The predicted octanol–water partition coefficient (Wildman–Crippen LogP) is 3.05. The fourth-order valence-electron chi connectivity index (χ4n) is 11.5. The van der Waals surface area contributed by atoms with Crippen LogP contribution in [-0.4, -0.2) is 255 Å². The topological polar surface area (TPSA) is 321 Å². The molecule has 3 saturated heterocycles. The van der Waals surface area contributed by atoms with Crippen molar-refractivity contribution in [2.45, 2.75) is 114 Å². The number of esters is 1. The van der Waals surface area contributed by atoms with Gasteiger partial charge in [-0.15, -0.1) is 6.42 Å². The van der Waals surface area contributed by atoms with Gasteiger partial charge in [0.1, 0.15) is 31.3 Å². The number of carboxylic acids is 1. The number of ether oxygens (including phenoxy) is 4. The summed E-state index contributed by atoms with van der Waals surface area (Å²) < 4.78 is 50.3. The summed E-state index contributed by atoms with van der Waals surface area (Å²) in [5.74, 6) is -4.81. The zero-order valence-electron chi connectivity index (χ0n) is 54.5. The number of methoxy groups -OCH3 is 1. The number of aliphatic imine (C=N–C) groups is 1. The molecule has 30 heteroatoms. The lowest BCUT2D eigenvalue weighted by molar-refractivity contribution is -0.147. The number of terminal acetylenes is 1. The maximum absolute atomic E-state index is 14.5. The van der Waals surface area contributed by atoms with Crippen molar-refractivity contribution in [3.63, 3.8) is 0 Å². The number of halogens is 3. The zero-order chi connectivity index (χ0) is 69.4. The van der Waals surface area contributed by atoms with Crippen molar-refractivity contribution in [3.05, 3.63) is 69.4 Å². The van der Waals surface area contributed by atoms with Gasteiger partial charge in [-0.05, 0) is 135 Å². The van der Waals surface area contributed by atoms with Crippen LogP contribution in [0.3, 0.4) is 0 Å². The number of fused-ring (bicyclic) bond motifs is 1. The van der Waals surface area contributed by atoms with Gasteiger partial charge >= 0.3 is 11.9 Å². The molecule has 27 nitrogen and oxygen atoms in total. The number of likely N-dealkylation sites (tertiary alicyclic amines) is 2. The molecule has 0 saturated carbocycles. The fraction of sp³-hybridized carbons (Fsp3) is 0.576. The van der Waals surface area contributed by atoms with Crippen LogP contribution in [0.15, 0.2) is 59.7 Å². The highest BCUT2D eigenvalue weighted by molar-refractivity contribution is 14.1. The largest absolute Gasteiger partial charge is 0.494 e. The van der Waals surface area contributed by atoms with Crippen LogP contribution in [0.4, 0.5) is 8.78 Å². The molecule has 6 rings (SSSR count). The lowest BCUT2D eigenvalue weighted by Gasteiger charge is -2.35. The van der Waals surface area contributed by atoms with Gasteiger partial charge in [0.15, 0.2) is 0 Å². The predicted molar refractivity (Wildman–Crippen MR) is 357 cm³/mol. The molecule has 2 aromatic carbocycles. The number of benzene rings is 2. The van der Waals surface area contributed by atoms with Crippen LogP contribution >= 0.6 is 22.6 Å². The molecule has 3 fully saturated rings. The average Bonchev–Trinajstić information content (AvgIpc) is 0.991. The second-order valence-electron chi connectivity index (χ2n) is 24.0. The van der Waals surface area contributed by atoms with Gasteiger partial charge in [-0.25, -0.2) is 8.78 Å². The van der Waals surface area contributed by atoms with Crippen molar-refractivity contribution < 1.29 is 80.8 Å². The van der Waals surface area contributed by atoms with E-state index in [1.54, 1.807) is 39.8 Å². The maximum Gasteiger partial charge on any atom is 0.317 e. The monoisotopic (exact) mass is 1450 g/mol. The van der Waals surface area contributed by atoms with E-state index >= 15 is 0 Å². The second kappa shape index (κ2) is 40.5. The Morgan fingerprint density at radius 3 is 2.10 bits per heavy atom. The van der Waals surface area contributed by atoms with Crippen LogP contribution in [0.2, 0.25) is 0 Å². The average molecular weight is 1460 g/mol. The molecule has 0 spiro atoms. The normalized spacial score (nSPS) is 17.7. The van der Waals surface area contributed by atoms with Crippen LogP contribution in [0.1, 0.15) is 99.9 Å². The third-order valence-electron chi connectivity index (χ3n) is 16.9. The van der Waals surface area contributed by atoms with Gasteiger partial charge in [-0.1, -0.05) is 24.5 Å². The van der Waals surface area contributed by atoms with Crippen LogP contribution in [0, 0.1) is 21.8 Å². The molecule has 1 aromatic heterocycles. The molecule has 0 bridgehead atoms. The molecule has 0 aliphatic carbocycles. The number of aryl methyl sites for hydroxylation is 1. The van der Waals surface area contributed by atoms with Crippen molar-refractivity contribution in [1.82, 2.24) is 55.7 Å². The van der Waals surface area contributed by atoms with Gasteiger partial charge in [0.25, 0.3) is 24.8 Å². The Morgan fingerprint density at radius 2 is 1.47 bits per heavy atom. The summed E-state index contributed by atoms with van der Waals surface area (Å²) in [4.78, 5) is 148. The first-order chi connectivity index (χ1) is 46.1. The zero-order valence-corrected chi connectivity index (χ0v) is 56.7. The highest BCUT2D eigenvalue weighted by atomic mass is 127. The first kappa shape index (κ1) is 77.0. The number of nitrogens with one attached hydrogen (secondary N) is 4. The number of carbonyl (C=O) groups excluding carboxylic acids is 9. The van der Waals surface area contributed by atoms with E-state index in [4.69, 9.17) is 25.4 Å². The molecule has 96 heavy (non-hydrogen) atoms. The number of carboxylic acid groups (broad SMARTS) is 1. The molecular formula is C66H89F2IN12O15. The van der Waals surface area contributed by atoms with E-state index in [-0.39, 0.29) is 83.1 Å². The number of rotatable bonds is 34. The lowest BCUT2D eigenvalue weighted by Crippen LogP contribution is -2.56. The first-order valence-corrected chi connectivity index (χ1v) is 33.4. The summed E-state index contributed by atoms with van der Waals surface area (Å²) in [6.07, 6.45) is 11.9. The van der Waals surface area contributed by atoms with E-state index in [2.05, 4.69) is 59.8 Å². The van der Waals surface area contributed by atoms with E-state index in [9.17, 15) is 61.8 Å². The summed E-state index contributed by atoms with van der Waals surface area (Å²) in [7, 11) is 1.17. The number of amides is 6. The number of unbranched alkanes of at least 4 members (excludes halogenated alkanes) is 2. The third kappa shape index (κ3) is 26.9. The molecule has 3 aliphatic rings. The van der Waals surface area contributed by atoms with Crippen LogP contribution in [0.5, 0.6) is 5.75 Å². The van der Waals surface area contributed by atoms with Crippen molar-refractivity contribution in [3.8, 4) is 18.1 Å². The van der Waals surface area contributed by atoms with E-state index in [1.165, 1.54) is 19.4 Å². The molecule has 0 radical (unpaired) electrons. The number of pyridine rings is 1. The van der Waals surface area contributed by atoms with Crippen molar-refractivity contribution >= 4 is 99.7 Å². The Labute approximate surface area is 571 Å². The van der Waals surface area contributed by atoms with Crippen molar-refractivity contribution in [1.29, 1.82) is 0 Å². The first-order valence-electron chi connectivity index (χ1n) is 32.3. The molecule has 524 valence electrons. The Bertz CT molecular complexity index is 3170. The highest BCUT2D eigenvalue weighted by Crippen LogP contribution is 2.32. The molecular weight excluding hydrogens is 1370 g/mol. The number of aliphatic carboxylic acids is 1. The Morgan fingerprint density at radius 1 is 0.812 bits per heavy atom. The maximum atomic E-state index is 14.5. The number of nitrogens with zero attached hydrogens (tertiary/aromatic N) is 8. The van der Waals surface area contributed by atoms with Crippen LogP contribution < -0.4 is 26.0 Å². The lowest BCUT2D eigenvalue weighted by atomic mass is 9.91. The highest BCUT2D eigenvalue weighted by Gasteiger charge is 2.46. The summed E-state index contributed by atoms with van der Waals surface area (Å²) in [5, 5.41) is 21.2. The summed E-state index contributed by atoms with van der Waals surface area (Å²) in [5.41, 5.74) is 1.84. The number of hydrogen-bond donors (Lipinski definition) is 5. The van der Waals surface area contributed by atoms with Gasteiger partial charge in [0, 0.05) is 100.0 Å². The summed E-state index contributed by atoms with van der Waals surface area (Å²) >= 11 is 2.24. The number of hydrogen-bond acceptors (Lipinski definition) is 20. The fourth-order valence-corrected chi connectivity index (χ4v) is 11.9. The van der Waals surface area contributed by atoms with E-state index in [1.807, 2.05) is 34.1 Å². The number of amidine groups is 1. The smallest absolute Gasteiger partial charge is 0.317 e. The number of carbonyl (C=O) groups is 10. The van der Waals surface area contributed by atoms with Gasteiger partial charge in [0.05, 0.1) is 69.3 Å². The molecule has 3 aromatic rings. The minimum absolute atomic E-state index is 0.0420. The third-order valence-corrected chi connectivity index (χ3v) is 17.6. The van der Waals surface area contributed by atoms with Gasteiger partial charge < -0.3 is 55.1 Å². The van der Waals surface area contributed by atoms with Crippen LogP contribution in [-0.2, 0) is 63.8 Å². The van der Waals surface area contributed by atoms with Crippen molar-refractivity contribution in [2.24, 2.45) is 10.9 Å². The molecule has 4 heterocycles. The Kier molecular flexibility index (Phi) is 32.5. The standard InChI is InChI=1S/C66H89F2IN12O15/c1-4-51-38-66(67,68)42-81(51)60(86)39-72-63(90)53-20-24-71-55-19-18-52(36-54(53)55)96-35-8-6-10-49-21-25-80(26-22-49)65(92)57(37-62(89)93-3)75-64(91)56(12-5-7-23-70-47(2)73-58(84)13-9-11-48-14-16-50(69)17-15-48)74-59(85)40-76-27-28-77(41-61(87)88)30-32-79(44-95-46-83)34-33-78(31-29-76)43-94-45-82/h1,14-20,24,36,45-46,49,51,56-57H,5-13,21-23,25-35,37-44H2,2-3H3,(H,72,90)(H,74,85)(H,75,91)(H,87,88)(H,70,73,84)/t51-,56-,57-/m0/s1. The Balaban J connectivity index is 1.05. The Hall–Kier alpha value is -7.99. The molecule has 0 unspecified atom stereocenters. The van der Waals surface area contributed by atoms with E-state index in [0.29, 0.717) is 126 Å². The minimum atomic E-state index is -3.12. The quantitative estimate of drug-likeness (QED) is 0.00838. The number of aromatic nitrogens is 1. The summed E-state index contributed by atoms with van der Waals surface area (Å²) in [6.45, 7) is 3.94. The molecule has 3 aliphatic heterocycles. The number of piperidine rings is 1. The van der Waals surface area contributed by atoms with E-state index in [0.717, 1.165) is 33.3 Å². The van der Waals surface area contributed by atoms with E-state index < -0.39 is 91.5 Å². The van der Waals surface area contributed by atoms with Gasteiger partial charge in [-0.3, -0.25) is 77.5 Å².